The fourth-order valence-electron chi connectivity index (χ4n) is 5.84. The maximum absolute atomic E-state index is 15.3. The van der Waals surface area contributed by atoms with Gasteiger partial charge in [-0.25, -0.2) is 23.6 Å². The van der Waals surface area contributed by atoms with Gasteiger partial charge in [0.25, 0.3) is 5.91 Å². The fraction of sp³-hybridized carbons (Fsp3) is 0.414. The van der Waals surface area contributed by atoms with Crippen LogP contribution in [-0.2, 0) is 5.91 Å². The number of piperazine rings is 1. The summed E-state index contributed by atoms with van der Waals surface area (Å²) in [4.78, 5) is 17.3. The van der Waals surface area contributed by atoms with Gasteiger partial charge in [-0.05, 0) is 50.6 Å². The molecule has 13 heteroatoms. The maximum Gasteiger partial charge on any atom is 0.259 e. The van der Waals surface area contributed by atoms with Crippen LogP contribution in [-0.4, -0.2) is 84.4 Å². The van der Waals surface area contributed by atoms with Gasteiger partial charge in [-0.3, -0.25) is 0 Å². The first-order chi connectivity index (χ1) is 20.1. The van der Waals surface area contributed by atoms with Gasteiger partial charge in [0, 0.05) is 67.5 Å². The van der Waals surface area contributed by atoms with Crippen LogP contribution in [0.5, 0.6) is 0 Å². The molecule has 0 unspecified atom stereocenters. The molecule has 3 aromatic heterocycles. The predicted octanol–water partition coefficient (Wildman–Crippen LogP) is 3.48. The Kier molecular flexibility index (Phi) is 7.79. The average Bonchev–Trinajstić information content (AvgIpc) is 3.36. The van der Waals surface area contributed by atoms with Crippen molar-refractivity contribution in [2.45, 2.75) is 38.8 Å². The zero-order valence-corrected chi connectivity index (χ0v) is 24.5. The summed E-state index contributed by atoms with van der Waals surface area (Å²) in [7, 11) is 0. The molecule has 5 heterocycles. The molecule has 2 aliphatic heterocycles. The highest BCUT2D eigenvalue weighted by molar-refractivity contribution is 7.99. The van der Waals surface area contributed by atoms with E-state index in [1.165, 1.54) is 9.47 Å². The summed E-state index contributed by atoms with van der Waals surface area (Å²) in [6.45, 7) is 8.70. The highest BCUT2D eigenvalue weighted by atomic mass is 32.2. The van der Waals surface area contributed by atoms with Gasteiger partial charge in [0.1, 0.15) is 23.1 Å². The van der Waals surface area contributed by atoms with Crippen LogP contribution >= 0.6 is 11.8 Å². The van der Waals surface area contributed by atoms with Crippen molar-refractivity contribution >= 4 is 40.2 Å². The van der Waals surface area contributed by atoms with E-state index in [4.69, 9.17) is 4.98 Å². The fourth-order valence-corrected chi connectivity index (χ4v) is 6.74. The molecule has 222 valence electrons. The molecule has 0 radical (unpaired) electrons. The minimum absolute atomic E-state index is 0.153. The summed E-state index contributed by atoms with van der Waals surface area (Å²) in [5.41, 5.74) is 1.52. The molecule has 6 rings (SSSR count). The van der Waals surface area contributed by atoms with Crippen LogP contribution in [0.2, 0.25) is 0 Å². The summed E-state index contributed by atoms with van der Waals surface area (Å²) in [6, 6.07) is 6.63. The van der Waals surface area contributed by atoms with Crippen LogP contribution in [0.25, 0.3) is 16.7 Å². The molecular weight excluding hydrogens is 562 g/mol. The lowest BCUT2D eigenvalue weighted by atomic mass is 10.1. The Morgan fingerprint density at radius 3 is 2.38 bits per heavy atom. The number of aromatic nitrogens is 4. The summed E-state index contributed by atoms with van der Waals surface area (Å²) in [5, 5.41) is 28.8. The number of hydrogen-bond acceptors (Lipinski definition) is 10. The quantitative estimate of drug-likeness (QED) is 0.247. The first-order valence-electron chi connectivity index (χ1n) is 14.0. The van der Waals surface area contributed by atoms with E-state index in [9.17, 15) is 10.2 Å². The maximum atomic E-state index is 15.3. The van der Waals surface area contributed by atoms with Crippen molar-refractivity contribution in [3.05, 3.63) is 65.6 Å². The number of fused-ring (bicyclic) bond motifs is 1. The van der Waals surface area contributed by atoms with E-state index in [1.54, 1.807) is 36.4 Å². The number of thioether (sulfide) groups is 1. The molecule has 0 bridgehead atoms. The van der Waals surface area contributed by atoms with E-state index in [-0.39, 0.29) is 5.69 Å². The standard InChI is InChI=1S/C29H34F2N8O2S/c1-17-10-21(14-32-26(17)37-15-18(2)34-19(3)16-37)35-28-33-13-20-4-5-39(27(20)36-28)22-11-23(30)25(24(31)12-22)29(40,41)38-6-8-42-9-7-38/h4-5,10-14,18-19,34,40-41H,6-9,15-16H2,1-3H3,(H,33,35,36)/t18-,19+. The number of aliphatic hydroxyl groups is 2. The van der Waals surface area contributed by atoms with Gasteiger partial charge in [0.2, 0.25) is 5.95 Å². The second kappa shape index (κ2) is 11.4. The van der Waals surface area contributed by atoms with Gasteiger partial charge >= 0.3 is 0 Å². The third kappa shape index (κ3) is 5.54. The Bertz CT molecular complexity index is 1580. The van der Waals surface area contributed by atoms with Crippen LogP contribution in [0.1, 0.15) is 25.0 Å². The normalized spacial score (nSPS) is 20.3. The van der Waals surface area contributed by atoms with Gasteiger partial charge in [-0.15, -0.1) is 0 Å². The SMILES string of the molecule is Cc1cc(Nc2ncc3ccn(-c4cc(F)c(C(O)(O)N5CCSCC5)c(F)c4)c3n2)cnc1N1C[C@@H](C)N[C@@H](C)C1. The molecule has 42 heavy (non-hydrogen) atoms. The average molecular weight is 597 g/mol. The van der Waals surface area contributed by atoms with E-state index < -0.39 is 23.1 Å². The van der Waals surface area contributed by atoms with Gasteiger partial charge in [0.05, 0.1) is 23.1 Å². The van der Waals surface area contributed by atoms with Gasteiger partial charge < -0.3 is 30.3 Å². The molecule has 10 nitrogen and oxygen atoms in total. The number of halogens is 2. The number of benzene rings is 1. The smallest absolute Gasteiger partial charge is 0.259 e. The van der Waals surface area contributed by atoms with Crippen molar-refractivity contribution in [1.82, 2.24) is 29.7 Å². The van der Waals surface area contributed by atoms with Gasteiger partial charge in [-0.1, -0.05) is 0 Å². The minimum Gasteiger partial charge on any atom is -0.353 e. The lowest BCUT2D eigenvalue weighted by Gasteiger charge is -2.37. The Balaban J connectivity index is 1.26. The van der Waals surface area contributed by atoms with E-state index in [1.807, 2.05) is 13.0 Å². The summed E-state index contributed by atoms with van der Waals surface area (Å²) in [6.07, 6.45) is 5.01. The molecule has 2 saturated heterocycles. The molecule has 4 N–H and O–H groups in total. The Labute approximate surface area is 246 Å². The van der Waals surface area contributed by atoms with Crippen molar-refractivity contribution in [1.29, 1.82) is 0 Å². The monoisotopic (exact) mass is 596 g/mol. The summed E-state index contributed by atoms with van der Waals surface area (Å²) >= 11 is 1.65. The lowest BCUT2D eigenvalue weighted by Crippen LogP contribution is -2.54. The van der Waals surface area contributed by atoms with Gasteiger partial charge in [0.15, 0.2) is 0 Å². The molecule has 2 fully saturated rings. The number of nitrogens with zero attached hydrogens (tertiary/aromatic N) is 6. The highest BCUT2D eigenvalue weighted by Gasteiger charge is 2.40. The van der Waals surface area contributed by atoms with Crippen molar-refractivity contribution in [2.24, 2.45) is 0 Å². The number of anilines is 3. The summed E-state index contributed by atoms with van der Waals surface area (Å²) < 4.78 is 32.1. The van der Waals surface area contributed by atoms with Crippen LogP contribution in [0, 0.1) is 18.6 Å². The summed E-state index contributed by atoms with van der Waals surface area (Å²) in [5.74, 6) is -2.35. The van der Waals surface area contributed by atoms with Crippen molar-refractivity contribution in [3.63, 3.8) is 0 Å². The lowest BCUT2D eigenvalue weighted by molar-refractivity contribution is -0.276. The molecule has 1 aromatic carbocycles. The Morgan fingerprint density at radius 2 is 1.71 bits per heavy atom. The largest absolute Gasteiger partial charge is 0.353 e. The molecule has 2 atom stereocenters. The van der Waals surface area contributed by atoms with E-state index in [0.29, 0.717) is 59.3 Å². The molecule has 4 aromatic rings. The third-order valence-corrected chi connectivity index (χ3v) is 8.63. The Hall–Kier alpha value is -3.36. The zero-order valence-electron chi connectivity index (χ0n) is 23.7. The Morgan fingerprint density at radius 1 is 1.02 bits per heavy atom. The first kappa shape index (κ1) is 28.7. The zero-order chi connectivity index (χ0) is 29.6. The third-order valence-electron chi connectivity index (χ3n) is 7.68. The van der Waals surface area contributed by atoms with Crippen molar-refractivity contribution < 1.29 is 19.0 Å². The molecule has 0 saturated carbocycles. The predicted molar refractivity (Wildman–Crippen MR) is 160 cm³/mol. The van der Waals surface area contributed by atoms with Crippen molar-refractivity contribution in [2.75, 3.05) is 47.9 Å². The number of aryl methyl sites for hydroxylation is 1. The number of hydrogen-bond donors (Lipinski definition) is 4. The van der Waals surface area contributed by atoms with Crippen LogP contribution < -0.4 is 15.5 Å². The van der Waals surface area contributed by atoms with Crippen LogP contribution in [0.3, 0.4) is 0 Å². The minimum atomic E-state index is -2.76. The number of pyridine rings is 1. The second-order valence-electron chi connectivity index (χ2n) is 11.0. The topological polar surface area (TPSA) is 115 Å². The van der Waals surface area contributed by atoms with Crippen LogP contribution in [0.4, 0.5) is 26.2 Å². The highest BCUT2D eigenvalue weighted by Crippen LogP contribution is 2.32. The second-order valence-corrected chi connectivity index (χ2v) is 12.3. The van der Waals surface area contributed by atoms with E-state index in [2.05, 4.69) is 39.3 Å². The van der Waals surface area contributed by atoms with Crippen LogP contribution in [0.15, 0.2) is 42.9 Å². The molecular formula is C29H34F2N8O2S. The van der Waals surface area contributed by atoms with Gasteiger partial charge in [-0.2, -0.15) is 16.7 Å². The molecule has 0 amide bonds. The first-order valence-corrected chi connectivity index (χ1v) is 15.1. The van der Waals surface area contributed by atoms with E-state index >= 15 is 8.78 Å². The van der Waals surface area contributed by atoms with Crippen molar-refractivity contribution in [3.8, 4) is 5.69 Å². The molecule has 0 spiro atoms. The molecule has 2 aliphatic rings. The van der Waals surface area contributed by atoms with E-state index in [0.717, 1.165) is 36.6 Å². The number of nitrogens with one attached hydrogen (secondary N) is 2. The molecule has 0 aliphatic carbocycles. The number of rotatable bonds is 6.